The van der Waals surface area contributed by atoms with E-state index in [1.54, 1.807) is 13.2 Å². The topological polar surface area (TPSA) is 50.4 Å². The molecule has 0 saturated carbocycles. The second-order valence-corrected chi connectivity index (χ2v) is 6.03. The molecule has 1 atom stereocenters. The van der Waals surface area contributed by atoms with Crippen LogP contribution in [0.3, 0.4) is 0 Å². The average molecular weight is 292 g/mol. The summed E-state index contributed by atoms with van der Waals surface area (Å²) in [6.45, 7) is 2.45. The van der Waals surface area contributed by atoms with E-state index in [1.807, 2.05) is 0 Å². The number of amides is 1. The van der Waals surface area contributed by atoms with Crippen molar-refractivity contribution in [1.29, 1.82) is 0 Å². The Balaban J connectivity index is 2.00. The van der Waals surface area contributed by atoms with Crippen molar-refractivity contribution in [1.82, 2.24) is 10.6 Å². The van der Waals surface area contributed by atoms with Gasteiger partial charge in [0, 0.05) is 24.9 Å². The van der Waals surface area contributed by atoms with Crippen LogP contribution >= 0.6 is 0 Å². The van der Waals surface area contributed by atoms with E-state index in [2.05, 4.69) is 10.6 Å². The Kier molecular flexibility index (Phi) is 3.85. The third kappa shape index (κ3) is 2.62. The van der Waals surface area contributed by atoms with Crippen molar-refractivity contribution in [3.05, 3.63) is 29.6 Å². The van der Waals surface area contributed by atoms with E-state index in [0.29, 0.717) is 18.7 Å². The number of halogens is 1. The van der Waals surface area contributed by atoms with Gasteiger partial charge in [0.25, 0.3) is 0 Å². The van der Waals surface area contributed by atoms with Crippen molar-refractivity contribution in [2.75, 3.05) is 26.7 Å². The van der Waals surface area contributed by atoms with Gasteiger partial charge in [0.05, 0.1) is 7.11 Å². The van der Waals surface area contributed by atoms with Crippen LogP contribution in [0, 0.1) is 11.2 Å². The summed E-state index contributed by atoms with van der Waals surface area (Å²) >= 11 is 0. The van der Waals surface area contributed by atoms with Crippen LogP contribution < -0.4 is 15.4 Å². The number of rotatable bonds is 2. The Morgan fingerprint density at radius 1 is 1.33 bits per heavy atom. The molecule has 1 spiro atoms. The molecule has 3 rings (SSSR count). The number of carbonyl (C=O) groups excluding carboxylic acids is 1. The van der Waals surface area contributed by atoms with E-state index < -0.39 is 0 Å². The third-order valence-corrected chi connectivity index (χ3v) is 4.93. The molecule has 114 valence electrons. The molecule has 2 heterocycles. The number of nitrogens with one attached hydrogen (secondary N) is 2. The number of piperidine rings is 2. The fourth-order valence-electron chi connectivity index (χ4n) is 3.80. The average Bonchev–Trinajstić information content (AvgIpc) is 2.49. The molecule has 0 aliphatic carbocycles. The number of hydrogen-bond donors (Lipinski definition) is 2. The first-order chi connectivity index (χ1) is 10.1. The van der Waals surface area contributed by atoms with Crippen molar-refractivity contribution in [2.45, 2.75) is 25.2 Å². The van der Waals surface area contributed by atoms with Gasteiger partial charge in [-0.3, -0.25) is 4.79 Å². The molecule has 2 aliphatic heterocycles. The molecular formula is C16H21FN2O2. The van der Waals surface area contributed by atoms with Crippen LogP contribution in [0.1, 0.15) is 30.7 Å². The maximum absolute atomic E-state index is 13.4. The molecular weight excluding hydrogens is 271 g/mol. The first-order valence-electron chi connectivity index (χ1n) is 7.45. The predicted molar refractivity (Wildman–Crippen MR) is 77.9 cm³/mol. The fraction of sp³-hybridized carbons (Fsp3) is 0.562. The minimum atomic E-state index is -0.296. The van der Waals surface area contributed by atoms with Crippen LogP contribution in [0.2, 0.25) is 0 Å². The molecule has 0 bridgehead atoms. The van der Waals surface area contributed by atoms with Gasteiger partial charge >= 0.3 is 0 Å². The summed E-state index contributed by atoms with van der Waals surface area (Å²) in [6, 6.07) is 4.71. The van der Waals surface area contributed by atoms with Gasteiger partial charge in [-0.05, 0) is 43.0 Å². The highest BCUT2D eigenvalue weighted by Crippen LogP contribution is 2.49. The zero-order valence-electron chi connectivity index (χ0n) is 12.2. The van der Waals surface area contributed by atoms with E-state index in [4.69, 9.17) is 4.74 Å². The number of hydrogen-bond acceptors (Lipinski definition) is 3. The number of methoxy groups -OCH3 is 1. The fourth-order valence-corrected chi connectivity index (χ4v) is 3.80. The standard InChI is InChI=1S/C16H21FN2O2/c1-21-14-8-11(17)2-3-12(14)13-10-19-15(20)9-16(13)4-6-18-7-5-16/h2-3,8,13,18H,4-7,9-10H2,1H3,(H,19,20). The lowest BCUT2D eigenvalue weighted by Crippen LogP contribution is -2.51. The van der Waals surface area contributed by atoms with Crippen molar-refractivity contribution in [3.63, 3.8) is 0 Å². The summed E-state index contributed by atoms with van der Waals surface area (Å²) in [7, 11) is 1.56. The van der Waals surface area contributed by atoms with Gasteiger partial charge in [-0.2, -0.15) is 0 Å². The quantitative estimate of drug-likeness (QED) is 0.874. The largest absolute Gasteiger partial charge is 0.496 e. The highest BCUT2D eigenvalue weighted by molar-refractivity contribution is 5.78. The van der Waals surface area contributed by atoms with Gasteiger partial charge in [-0.15, -0.1) is 0 Å². The summed E-state index contributed by atoms with van der Waals surface area (Å²) in [5, 5.41) is 6.32. The molecule has 0 aromatic heterocycles. The Labute approximate surface area is 124 Å². The second-order valence-electron chi connectivity index (χ2n) is 6.03. The lowest BCUT2D eigenvalue weighted by atomic mass is 9.62. The summed E-state index contributed by atoms with van der Waals surface area (Å²) in [4.78, 5) is 11.9. The van der Waals surface area contributed by atoms with Gasteiger partial charge < -0.3 is 15.4 Å². The first kappa shape index (κ1) is 14.3. The van der Waals surface area contributed by atoms with Crippen LogP contribution in [-0.2, 0) is 4.79 Å². The second kappa shape index (κ2) is 5.64. The molecule has 21 heavy (non-hydrogen) atoms. The smallest absolute Gasteiger partial charge is 0.220 e. The number of benzene rings is 1. The lowest BCUT2D eigenvalue weighted by molar-refractivity contribution is -0.127. The zero-order valence-corrected chi connectivity index (χ0v) is 12.2. The van der Waals surface area contributed by atoms with Gasteiger partial charge in [0.2, 0.25) is 5.91 Å². The minimum Gasteiger partial charge on any atom is -0.496 e. The van der Waals surface area contributed by atoms with Crippen LogP contribution in [0.15, 0.2) is 18.2 Å². The molecule has 1 amide bonds. The van der Waals surface area contributed by atoms with Crippen LogP contribution in [0.5, 0.6) is 5.75 Å². The van der Waals surface area contributed by atoms with Crippen molar-refractivity contribution in [2.24, 2.45) is 5.41 Å². The number of ether oxygens (including phenoxy) is 1. The maximum atomic E-state index is 13.4. The lowest BCUT2D eigenvalue weighted by Gasteiger charge is -2.47. The van der Waals surface area contributed by atoms with Gasteiger partial charge in [-0.25, -0.2) is 4.39 Å². The van der Waals surface area contributed by atoms with E-state index in [1.165, 1.54) is 12.1 Å². The minimum absolute atomic E-state index is 0.0430. The summed E-state index contributed by atoms with van der Waals surface area (Å²) in [6.07, 6.45) is 2.47. The normalized spacial score (nSPS) is 24.7. The molecule has 2 aliphatic rings. The van der Waals surface area contributed by atoms with E-state index in [0.717, 1.165) is 31.5 Å². The van der Waals surface area contributed by atoms with E-state index >= 15 is 0 Å². The molecule has 1 aromatic carbocycles. The Morgan fingerprint density at radius 3 is 2.81 bits per heavy atom. The highest BCUT2D eigenvalue weighted by atomic mass is 19.1. The van der Waals surface area contributed by atoms with Crippen molar-refractivity contribution >= 4 is 5.91 Å². The first-order valence-corrected chi connectivity index (χ1v) is 7.45. The van der Waals surface area contributed by atoms with Crippen LogP contribution in [0.25, 0.3) is 0 Å². The summed E-state index contributed by atoms with van der Waals surface area (Å²) in [5.74, 6) is 0.575. The van der Waals surface area contributed by atoms with Crippen LogP contribution in [0.4, 0.5) is 4.39 Å². The zero-order chi connectivity index (χ0) is 14.9. The molecule has 1 unspecified atom stereocenters. The number of carbonyl (C=O) groups is 1. The van der Waals surface area contributed by atoms with Gasteiger partial charge in [0.15, 0.2) is 0 Å². The monoisotopic (exact) mass is 292 g/mol. The van der Waals surface area contributed by atoms with Crippen molar-refractivity contribution in [3.8, 4) is 5.75 Å². The molecule has 5 heteroatoms. The molecule has 2 N–H and O–H groups in total. The summed E-state index contributed by atoms with van der Waals surface area (Å²) in [5.41, 5.74) is 0.958. The molecule has 2 fully saturated rings. The molecule has 2 saturated heterocycles. The highest BCUT2D eigenvalue weighted by Gasteiger charge is 2.45. The third-order valence-electron chi connectivity index (χ3n) is 4.93. The van der Waals surface area contributed by atoms with E-state index in [-0.39, 0.29) is 23.1 Å². The maximum Gasteiger partial charge on any atom is 0.220 e. The van der Waals surface area contributed by atoms with Crippen molar-refractivity contribution < 1.29 is 13.9 Å². The molecule has 1 aromatic rings. The van der Waals surface area contributed by atoms with Gasteiger partial charge in [0.1, 0.15) is 11.6 Å². The van der Waals surface area contributed by atoms with E-state index in [9.17, 15) is 9.18 Å². The molecule has 4 nitrogen and oxygen atoms in total. The Hall–Kier alpha value is -1.62. The molecule has 0 radical (unpaired) electrons. The Bertz CT molecular complexity index is 541. The Morgan fingerprint density at radius 2 is 2.10 bits per heavy atom. The summed E-state index contributed by atoms with van der Waals surface area (Å²) < 4.78 is 18.8. The van der Waals surface area contributed by atoms with Crippen LogP contribution in [-0.4, -0.2) is 32.7 Å². The predicted octanol–water partition coefficient (Wildman–Crippen LogP) is 1.81. The SMILES string of the molecule is COc1cc(F)ccc1C1CNC(=O)CC12CCNCC2. The van der Waals surface area contributed by atoms with Gasteiger partial charge in [-0.1, -0.05) is 6.07 Å².